The Balaban J connectivity index is 1.60. The van der Waals surface area contributed by atoms with Gasteiger partial charge in [-0.3, -0.25) is 0 Å². The molecule has 1 unspecified atom stereocenters. The van der Waals surface area contributed by atoms with E-state index in [-0.39, 0.29) is 6.10 Å². The van der Waals surface area contributed by atoms with Gasteiger partial charge in [-0.15, -0.1) is 0 Å². The Morgan fingerprint density at radius 1 is 1.14 bits per heavy atom. The second-order valence-corrected chi connectivity index (χ2v) is 5.79. The summed E-state index contributed by atoms with van der Waals surface area (Å²) in [5.41, 5.74) is 0. The average Bonchev–Trinajstić information content (AvgIpc) is 2.70. The SMILES string of the molecule is OC1CCC(CNC2CCSC2)CC1. The predicted octanol–water partition coefficient (Wildman–Crippen LogP) is 1.63. The smallest absolute Gasteiger partial charge is 0.0540 e. The molecule has 0 aromatic rings. The summed E-state index contributed by atoms with van der Waals surface area (Å²) >= 11 is 2.07. The van der Waals surface area contributed by atoms with Crippen LogP contribution in [-0.4, -0.2) is 35.3 Å². The molecule has 2 rings (SSSR count). The largest absolute Gasteiger partial charge is 0.393 e. The van der Waals surface area contributed by atoms with Crippen LogP contribution in [0.2, 0.25) is 0 Å². The normalized spacial score (nSPS) is 38.8. The lowest BCUT2D eigenvalue weighted by atomic mass is 9.87. The minimum atomic E-state index is -0.00622. The van der Waals surface area contributed by atoms with Gasteiger partial charge in [-0.05, 0) is 50.3 Å². The van der Waals surface area contributed by atoms with Crippen LogP contribution in [0.4, 0.5) is 0 Å². The fourth-order valence-corrected chi connectivity index (χ4v) is 3.56. The van der Waals surface area contributed by atoms with E-state index in [1.54, 1.807) is 0 Å². The summed E-state index contributed by atoms with van der Waals surface area (Å²) in [7, 11) is 0. The number of nitrogens with one attached hydrogen (secondary N) is 1. The Kier molecular flexibility index (Phi) is 4.14. The highest BCUT2D eigenvalue weighted by Crippen LogP contribution is 2.24. The zero-order valence-corrected chi connectivity index (χ0v) is 9.56. The Morgan fingerprint density at radius 3 is 2.57 bits per heavy atom. The van der Waals surface area contributed by atoms with Gasteiger partial charge in [-0.1, -0.05) is 0 Å². The van der Waals surface area contributed by atoms with Crippen molar-refractivity contribution in [3.63, 3.8) is 0 Å². The molecule has 2 N–H and O–H groups in total. The summed E-state index contributed by atoms with van der Waals surface area (Å²) in [5.74, 6) is 3.46. The third-order valence-corrected chi connectivity index (χ3v) is 4.60. The van der Waals surface area contributed by atoms with Gasteiger partial charge in [-0.2, -0.15) is 11.8 Å². The van der Waals surface area contributed by atoms with Crippen LogP contribution in [0.25, 0.3) is 0 Å². The van der Waals surface area contributed by atoms with E-state index in [1.165, 1.54) is 37.3 Å². The lowest BCUT2D eigenvalue weighted by molar-refractivity contribution is 0.108. The van der Waals surface area contributed by atoms with Crippen LogP contribution < -0.4 is 5.32 Å². The number of rotatable bonds is 3. The van der Waals surface area contributed by atoms with Crippen molar-refractivity contribution < 1.29 is 5.11 Å². The topological polar surface area (TPSA) is 32.3 Å². The van der Waals surface area contributed by atoms with E-state index in [2.05, 4.69) is 17.1 Å². The van der Waals surface area contributed by atoms with Crippen LogP contribution >= 0.6 is 11.8 Å². The summed E-state index contributed by atoms with van der Waals surface area (Å²) in [6.45, 7) is 1.18. The molecule has 1 aliphatic heterocycles. The molecule has 0 aromatic heterocycles. The van der Waals surface area contributed by atoms with Gasteiger partial charge in [0.05, 0.1) is 6.10 Å². The first-order valence-electron chi connectivity index (χ1n) is 5.84. The van der Waals surface area contributed by atoms with Crippen LogP contribution in [0, 0.1) is 5.92 Å². The third kappa shape index (κ3) is 3.14. The van der Waals surface area contributed by atoms with E-state index in [9.17, 15) is 5.11 Å². The molecular formula is C11H21NOS. The van der Waals surface area contributed by atoms with Crippen molar-refractivity contribution in [3.05, 3.63) is 0 Å². The molecule has 2 fully saturated rings. The summed E-state index contributed by atoms with van der Waals surface area (Å²) < 4.78 is 0. The van der Waals surface area contributed by atoms with Gasteiger partial charge in [0.2, 0.25) is 0 Å². The van der Waals surface area contributed by atoms with Gasteiger partial charge < -0.3 is 10.4 Å². The zero-order valence-electron chi connectivity index (χ0n) is 8.74. The number of aliphatic hydroxyl groups is 1. The molecule has 1 aliphatic carbocycles. The second kappa shape index (κ2) is 5.38. The Labute approximate surface area is 90.8 Å². The lowest BCUT2D eigenvalue weighted by Gasteiger charge is -2.26. The first-order valence-corrected chi connectivity index (χ1v) is 6.99. The number of thioether (sulfide) groups is 1. The van der Waals surface area contributed by atoms with E-state index >= 15 is 0 Å². The van der Waals surface area contributed by atoms with Crippen molar-refractivity contribution >= 4 is 11.8 Å². The number of hydrogen-bond donors (Lipinski definition) is 2. The summed E-state index contributed by atoms with van der Waals surface area (Å²) in [6, 6.07) is 0.770. The summed E-state index contributed by atoms with van der Waals surface area (Å²) in [6.07, 6.45) is 5.81. The Hall–Kier alpha value is 0.270. The van der Waals surface area contributed by atoms with Gasteiger partial charge in [0.25, 0.3) is 0 Å². The van der Waals surface area contributed by atoms with Crippen molar-refractivity contribution in [2.24, 2.45) is 5.92 Å². The van der Waals surface area contributed by atoms with Crippen molar-refractivity contribution in [3.8, 4) is 0 Å². The molecule has 3 heteroatoms. The molecule has 0 amide bonds. The Morgan fingerprint density at radius 2 is 1.93 bits per heavy atom. The van der Waals surface area contributed by atoms with Crippen molar-refractivity contribution in [2.75, 3.05) is 18.1 Å². The van der Waals surface area contributed by atoms with Crippen molar-refractivity contribution in [2.45, 2.75) is 44.2 Å². The number of aliphatic hydroxyl groups excluding tert-OH is 1. The van der Waals surface area contributed by atoms with E-state index in [0.29, 0.717) is 0 Å². The van der Waals surface area contributed by atoms with Gasteiger partial charge in [0, 0.05) is 11.8 Å². The molecule has 0 aromatic carbocycles. The summed E-state index contributed by atoms with van der Waals surface area (Å²) in [5, 5.41) is 13.0. The van der Waals surface area contributed by atoms with E-state index in [4.69, 9.17) is 0 Å². The monoisotopic (exact) mass is 215 g/mol. The maximum atomic E-state index is 9.38. The molecule has 1 saturated heterocycles. The minimum absolute atomic E-state index is 0.00622. The first-order chi connectivity index (χ1) is 6.84. The number of hydrogen-bond acceptors (Lipinski definition) is 3. The molecule has 1 saturated carbocycles. The maximum Gasteiger partial charge on any atom is 0.0540 e. The average molecular weight is 215 g/mol. The highest BCUT2D eigenvalue weighted by atomic mass is 32.2. The standard InChI is InChI=1S/C11H21NOS/c13-11-3-1-9(2-4-11)7-12-10-5-6-14-8-10/h9-13H,1-8H2. The molecule has 1 heterocycles. The van der Waals surface area contributed by atoms with Gasteiger partial charge in [0.1, 0.15) is 0 Å². The molecule has 2 nitrogen and oxygen atoms in total. The van der Waals surface area contributed by atoms with Crippen molar-refractivity contribution in [1.82, 2.24) is 5.32 Å². The van der Waals surface area contributed by atoms with Crippen LogP contribution in [0.3, 0.4) is 0 Å². The van der Waals surface area contributed by atoms with Crippen LogP contribution in [-0.2, 0) is 0 Å². The van der Waals surface area contributed by atoms with E-state index in [0.717, 1.165) is 24.8 Å². The first kappa shape index (κ1) is 10.8. The van der Waals surface area contributed by atoms with Crippen LogP contribution in [0.15, 0.2) is 0 Å². The van der Waals surface area contributed by atoms with Gasteiger partial charge >= 0.3 is 0 Å². The molecule has 2 aliphatic rings. The highest BCUT2D eigenvalue weighted by molar-refractivity contribution is 7.99. The molecule has 14 heavy (non-hydrogen) atoms. The highest BCUT2D eigenvalue weighted by Gasteiger charge is 2.21. The quantitative estimate of drug-likeness (QED) is 0.750. The third-order valence-electron chi connectivity index (χ3n) is 3.44. The minimum Gasteiger partial charge on any atom is -0.393 e. The zero-order chi connectivity index (χ0) is 9.80. The van der Waals surface area contributed by atoms with E-state index < -0.39 is 0 Å². The van der Waals surface area contributed by atoms with Gasteiger partial charge in [0.15, 0.2) is 0 Å². The predicted molar refractivity (Wildman–Crippen MR) is 61.7 cm³/mol. The van der Waals surface area contributed by atoms with Gasteiger partial charge in [-0.25, -0.2) is 0 Å². The fraction of sp³-hybridized carbons (Fsp3) is 1.00. The molecule has 0 spiro atoms. The summed E-state index contributed by atoms with van der Waals surface area (Å²) in [4.78, 5) is 0. The molecule has 0 bridgehead atoms. The molecule has 82 valence electrons. The molecule has 0 radical (unpaired) electrons. The van der Waals surface area contributed by atoms with Crippen molar-refractivity contribution in [1.29, 1.82) is 0 Å². The Bertz CT molecular complexity index is 163. The second-order valence-electron chi connectivity index (χ2n) is 4.64. The lowest BCUT2D eigenvalue weighted by Crippen LogP contribution is -2.35. The maximum absolute atomic E-state index is 9.38. The van der Waals surface area contributed by atoms with Crippen LogP contribution in [0.5, 0.6) is 0 Å². The molecular weight excluding hydrogens is 194 g/mol. The van der Waals surface area contributed by atoms with E-state index in [1.807, 2.05) is 0 Å². The van der Waals surface area contributed by atoms with Crippen LogP contribution in [0.1, 0.15) is 32.1 Å². The molecule has 1 atom stereocenters. The fourth-order valence-electron chi connectivity index (χ4n) is 2.38.